The lowest BCUT2D eigenvalue weighted by atomic mass is 10.2. The van der Waals surface area contributed by atoms with Gasteiger partial charge in [-0.2, -0.15) is 0 Å². The van der Waals surface area contributed by atoms with Gasteiger partial charge in [-0.3, -0.25) is 4.21 Å². The zero-order valence-electron chi connectivity index (χ0n) is 8.89. The van der Waals surface area contributed by atoms with Crippen molar-refractivity contribution in [3.05, 3.63) is 30.3 Å². The second-order valence-corrected chi connectivity index (χ2v) is 5.32. The minimum atomic E-state index is -0.900. The van der Waals surface area contributed by atoms with E-state index in [1.807, 2.05) is 30.3 Å². The highest BCUT2D eigenvalue weighted by Gasteiger charge is 2.38. The number of ether oxygens (including phenoxy) is 1. The minimum absolute atomic E-state index is 0.228. The monoisotopic (exact) mass is 224 g/mol. The molecule has 3 atom stereocenters. The van der Waals surface area contributed by atoms with Gasteiger partial charge >= 0.3 is 0 Å². The molecule has 1 saturated heterocycles. The summed E-state index contributed by atoms with van der Waals surface area (Å²) in [7, 11) is -0.900. The SMILES string of the molecule is CCC[C@H]1O[C@@H]1C[S@@](=O)c1ccccc1. The highest BCUT2D eigenvalue weighted by molar-refractivity contribution is 7.85. The molecule has 1 aliphatic rings. The van der Waals surface area contributed by atoms with Crippen LogP contribution >= 0.6 is 0 Å². The first-order valence-corrected chi connectivity index (χ1v) is 6.72. The normalized spacial score (nSPS) is 26.2. The third kappa shape index (κ3) is 2.89. The molecule has 0 bridgehead atoms. The number of hydrogen-bond acceptors (Lipinski definition) is 2. The molecule has 82 valence electrons. The van der Waals surface area contributed by atoms with Crippen LogP contribution in [0.3, 0.4) is 0 Å². The summed E-state index contributed by atoms with van der Waals surface area (Å²) in [5.74, 6) is 0.648. The van der Waals surface area contributed by atoms with E-state index in [1.54, 1.807) is 0 Å². The summed E-state index contributed by atoms with van der Waals surface area (Å²) < 4.78 is 17.3. The third-order valence-electron chi connectivity index (χ3n) is 2.58. The molecule has 1 fully saturated rings. The average molecular weight is 224 g/mol. The van der Waals surface area contributed by atoms with Crippen LogP contribution in [-0.2, 0) is 15.5 Å². The zero-order valence-corrected chi connectivity index (χ0v) is 9.70. The van der Waals surface area contributed by atoms with Gasteiger partial charge in [-0.1, -0.05) is 31.5 Å². The summed E-state index contributed by atoms with van der Waals surface area (Å²) in [6.45, 7) is 2.15. The van der Waals surface area contributed by atoms with Crippen molar-refractivity contribution in [3.63, 3.8) is 0 Å². The molecular weight excluding hydrogens is 208 g/mol. The maximum absolute atomic E-state index is 11.9. The lowest BCUT2D eigenvalue weighted by Gasteiger charge is -1.98. The maximum Gasteiger partial charge on any atom is 0.0960 e. The van der Waals surface area contributed by atoms with Crippen LogP contribution < -0.4 is 0 Å². The molecule has 3 heteroatoms. The Labute approximate surface area is 93.1 Å². The van der Waals surface area contributed by atoms with Gasteiger partial charge in [-0.15, -0.1) is 0 Å². The minimum Gasteiger partial charge on any atom is -0.369 e. The molecule has 1 aromatic carbocycles. The van der Waals surface area contributed by atoms with Crippen LogP contribution in [0, 0.1) is 0 Å². The van der Waals surface area contributed by atoms with E-state index in [2.05, 4.69) is 6.92 Å². The summed E-state index contributed by atoms with van der Waals surface area (Å²) in [5.41, 5.74) is 0. The van der Waals surface area contributed by atoms with Crippen molar-refractivity contribution < 1.29 is 8.95 Å². The molecular formula is C12H16O2S. The molecule has 0 radical (unpaired) electrons. The fourth-order valence-electron chi connectivity index (χ4n) is 1.68. The van der Waals surface area contributed by atoms with E-state index >= 15 is 0 Å². The van der Waals surface area contributed by atoms with E-state index in [0.29, 0.717) is 11.9 Å². The first-order chi connectivity index (χ1) is 7.31. The topological polar surface area (TPSA) is 29.6 Å². The van der Waals surface area contributed by atoms with Gasteiger partial charge in [0, 0.05) is 4.90 Å². The Hall–Kier alpha value is -0.670. The van der Waals surface area contributed by atoms with Crippen LogP contribution in [-0.4, -0.2) is 22.2 Å². The van der Waals surface area contributed by atoms with Crippen LogP contribution in [0.25, 0.3) is 0 Å². The van der Waals surface area contributed by atoms with Crippen molar-refractivity contribution in [1.29, 1.82) is 0 Å². The molecule has 1 heterocycles. The zero-order chi connectivity index (χ0) is 10.7. The van der Waals surface area contributed by atoms with Crippen LogP contribution in [0.5, 0.6) is 0 Å². The van der Waals surface area contributed by atoms with Gasteiger partial charge in [0.1, 0.15) is 0 Å². The molecule has 0 unspecified atom stereocenters. The molecule has 1 aliphatic heterocycles. The molecule has 0 spiro atoms. The van der Waals surface area contributed by atoms with Gasteiger partial charge in [0.25, 0.3) is 0 Å². The highest BCUT2D eigenvalue weighted by atomic mass is 32.2. The molecule has 15 heavy (non-hydrogen) atoms. The summed E-state index contributed by atoms with van der Waals surface area (Å²) in [6, 6.07) is 9.60. The van der Waals surface area contributed by atoms with Crippen molar-refractivity contribution in [2.45, 2.75) is 36.9 Å². The number of rotatable bonds is 5. The largest absolute Gasteiger partial charge is 0.369 e. The Kier molecular flexibility index (Phi) is 3.54. The molecule has 0 aliphatic carbocycles. The second kappa shape index (κ2) is 4.90. The van der Waals surface area contributed by atoms with Crippen LogP contribution in [0.1, 0.15) is 19.8 Å². The summed E-state index contributed by atoms with van der Waals surface area (Å²) in [4.78, 5) is 0.906. The Balaban J connectivity index is 1.84. The van der Waals surface area contributed by atoms with E-state index < -0.39 is 10.8 Å². The molecule has 0 aromatic heterocycles. The molecule has 1 aromatic rings. The molecule has 2 nitrogen and oxygen atoms in total. The Morgan fingerprint density at radius 1 is 1.27 bits per heavy atom. The van der Waals surface area contributed by atoms with E-state index in [4.69, 9.17) is 4.74 Å². The fourth-order valence-corrected chi connectivity index (χ4v) is 2.93. The second-order valence-electron chi connectivity index (χ2n) is 3.83. The number of hydrogen-bond donors (Lipinski definition) is 0. The van der Waals surface area contributed by atoms with Crippen LogP contribution in [0.4, 0.5) is 0 Å². The number of epoxide rings is 1. The van der Waals surface area contributed by atoms with Crippen molar-refractivity contribution in [2.75, 3.05) is 5.75 Å². The van der Waals surface area contributed by atoms with Gasteiger partial charge in [0.05, 0.1) is 28.8 Å². The maximum atomic E-state index is 11.9. The van der Waals surface area contributed by atoms with Crippen molar-refractivity contribution in [2.24, 2.45) is 0 Å². The Bertz CT molecular complexity index is 337. The third-order valence-corrected chi connectivity index (χ3v) is 4.01. The Morgan fingerprint density at radius 3 is 2.67 bits per heavy atom. The smallest absolute Gasteiger partial charge is 0.0960 e. The fraction of sp³-hybridized carbons (Fsp3) is 0.500. The average Bonchev–Trinajstić information content (AvgIpc) is 2.98. The van der Waals surface area contributed by atoms with Gasteiger partial charge in [-0.05, 0) is 18.6 Å². The molecule has 2 rings (SSSR count). The van der Waals surface area contributed by atoms with Crippen molar-refractivity contribution in [1.82, 2.24) is 0 Å². The van der Waals surface area contributed by atoms with E-state index in [-0.39, 0.29) is 6.10 Å². The molecule has 0 amide bonds. The summed E-state index contributed by atoms with van der Waals surface area (Å²) in [6.07, 6.45) is 2.82. The van der Waals surface area contributed by atoms with Gasteiger partial charge in [-0.25, -0.2) is 0 Å². The van der Waals surface area contributed by atoms with Crippen molar-refractivity contribution >= 4 is 10.8 Å². The first kappa shape index (κ1) is 10.8. The lowest BCUT2D eigenvalue weighted by molar-refractivity contribution is 0.370. The Morgan fingerprint density at radius 2 is 2.00 bits per heavy atom. The van der Waals surface area contributed by atoms with Crippen LogP contribution in [0.15, 0.2) is 35.2 Å². The predicted molar refractivity (Wildman–Crippen MR) is 61.3 cm³/mol. The van der Waals surface area contributed by atoms with E-state index in [1.165, 1.54) is 0 Å². The van der Waals surface area contributed by atoms with Gasteiger partial charge in [0.15, 0.2) is 0 Å². The lowest BCUT2D eigenvalue weighted by Crippen LogP contribution is -2.07. The summed E-state index contributed by atoms with van der Waals surface area (Å²) >= 11 is 0. The standard InChI is InChI=1S/C12H16O2S/c1-2-6-11-12(14-11)9-15(13)10-7-4-3-5-8-10/h3-5,7-8,11-12H,2,6,9H2,1H3/t11-,12-,15-/m1/s1. The van der Waals surface area contributed by atoms with Crippen molar-refractivity contribution in [3.8, 4) is 0 Å². The van der Waals surface area contributed by atoms with Crippen LogP contribution in [0.2, 0.25) is 0 Å². The first-order valence-electron chi connectivity index (χ1n) is 5.40. The summed E-state index contributed by atoms with van der Waals surface area (Å²) in [5, 5.41) is 0. The van der Waals surface area contributed by atoms with E-state index in [9.17, 15) is 4.21 Å². The van der Waals surface area contributed by atoms with Gasteiger partial charge in [0.2, 0.25) is 0 Å². The van der Waals surface area contributed by atoms with E-state index in [0.717, 1.165) is 17.7 Å². The number of benzene rings is 1. The predicted octanol–water partition coefficient (Wildman–Crippen LogP) is 2.36. The van der Waals surface area contributed by atoms with Gasteiger partial charge < -0.3 is 4.74 Å². The quantitative estimate of drug-likeness (QED) is 0.719. The molecule has 0 saturated carbocycles. The molecule has 0 N–H and O–H groups in total. The highest BCUT2D eigenvalue weighted by Crippen LogP contribution is 2.28.